The van der Waals surface area contributed by atoms with Crippen molar-refractivity contribution in [1.29, 1.82) is 0 Å². The average Bonchev–Trinajstić information content (AvgIpc) is 2.71. The van der Waals surface area contributed by atoms with Gasteiger partial charge in [-0.1, -0.05) is 17.7 Å². The van der Waals surface area contributed by atoms with Crippen LogP contribution < -0.4 is 4.90 Å². The number of nitrogens with zero attached hydrogens (tertiary/aromatic N) is 3. The molecule has 0 radical (unpaired) electrons. The van der Waals surface area contributed by atoms with Gasteiger partial charge in [-0.05, 0) is 38.3 Å². The highest BCUT2D eigenvalue weighted by atomic mass is 16.3. The highest BCUT2D eigenvalue weighted by Crippen LogP contribution is 2.36. The van der Waals surface area contributed by atoms with Crippen molar-refractivity contribution in [3.63, 3.8) is 0 Å². The standard InChI is InChI=1S/C16H21N3O/c1-11-6-7-15-13(9-11)5-4-8-19(15)16-14(10-20)12(2)17-18(16)3/h6-7,9,20H,4-5,8,10H2,1-3H3. The largest absolute Gasteiger partial charge is 0.391 e. The first-order valence-electron chi connectivity index (χ1n) is 7.12. The Balaban J connectivity index is 2.14. The third-order valence-corrected chi connectivity index (χ3v) is 4.08. The normalized spacial score (nSPS) is 14.5. The molecule has 1 aliphatic heterocycles. The zero-order valence-electron chi connectivity index (χ0n) is 12.3. The Labute approximate surface area is 119 Å². The van der Waals surface area contributed by atoms with Crippen molar-refractivity contribution in [3.8, 4) is 0 Å². The number of aromatic nitrogens is 2. The van der Waals surface area contributed by atoms with Crippen molar-refractivity contribution in [3.05, 3.63) is 40.6 Å². The van der Waals surface area contributed by atoms with Crippen molar-refractivity contribution in [2.45, 2.75) is 33.3 Å². The quantitative estimate of drug-likeness (QED) is 0.913. The fraction of sp³-hybridized carbons (Fsp3) is 0.438. The van der Waals surface area contributed by atoms with Crippen molar-refractivity contribution in [1.82, 2.24) is 9.78 Å². The Morgan fingerprint density at radius 2 is 2.10 bits per heavy atom. The Morgan fingerprint density at radius 3 is 2.85 bits per heavy atom. The number of hydrogen-bond acceptors (Lipinski definition) is 3. The second kappa shape index (κ2) is 4.94. The van der Waals surface area contributed by atoms with Crippen LogP contribution in [0.4, 0.5) is 11.5 Å². The van der Waals surface area contributed by atoms with Gasteiger partial charge in [-0.3, -0.25) is 4.68 Å². The molecule has 3 rings (SSSR count). The second-order valence-corrected chi connectivity index (χ2v) is 5.56. The van der Waals surface area contributed by atoms with E-state index in [1.165, 1.54) is 16.8 Å². The molecule has 106 valence electrons. The Kier molecular flexibility index (Phi) is 3.26. The molecule has 0 saturated heterocycles. The van der Waals surface area contributed by atoms with E-state index in [1.807, 2.05) is 18.7 Å². The lowest BCUT2D eigenvalue weighted by molar-refractivity contribution is 0.281. The SMILES string of the molecule is Cc1ccc2c(c1)CCCN2c1c(CO)c(C)nn1C. The van der Waals surface area contributed by atoms with Gasteiger partial charge in [-0.2, -0.15) is 5.10 Å². The van der Waals surface area contributed by atoms with Crippen LogP contribution in [0.1, 0.15) is 28.8 Å². The van der Waals surface area contributed by atoms with E-state index in [1.54, 1.807) is 0 Å². The van der Waals surface area contributed by atoms with Gasteiger partial charge in [0, 0.05) is 24.8 Å². The molecule has 0 atom stereocenters. The van der Waals surface area contributed by atoms with Crippen LogP contribution in [-0.4, -0.2) is 21.4 Å². The van der Waals surface area contributed by atoms with Crippen molar-refractivity contribution < 1.29 is 5.11 Å². The minimum atomic E-state index is 0.0344. The smallest absolute Gasteiger partial charge is 0.136 e. The summed E-state index contributed by atoms with van der Waals surface area (Å²) in [6.45, 7) is 5.09. The number of aliphatic hydroxyl groups is 1. The van der Waals surface area contributed by atoms with Crippen LogP contribution in [0.2, 0.25) is 0 Å². The predicted octanol–water partition coefficient (Wildman–Crippen LogP) is 2.61. The van der Waals surface area contributed by atoms with Crippen LogP contribution in [0.5, 0.6) is 0 Å². The lowest BCUT2D eigenvalue weighted by Crippen LogP contribution is -2.27. The van der Waals surface area contributed by atoms with Crippen LogP contribution in [0.25, 0.3) is 0 Å². The van der Waals surface area contributed by atoms with E-state index in [9.17, 15) is 5.11 Å². The number of benzene rings is 1. The van der Waals surface area contributed by atoms with Crippen LogP contribution >= 0.6 is 0 Å². The van der Waals surface area contributed by atoms with Crippen molar-refractivity contribution in [2.24, 2.45) is 7.05 Å². The van der Waals surface area contributed by atoms with E-state index in [0.717, 1.165) is 36.5 Å². The van der Waals surface area contributed by atoms with Crippen LogP contribution in [0, 0.1) is 13.8 Å². The lowest BCUT2D eigenvalue weighted by atomic mass is 9.99. The van der Waals surface area contributed by atoms with Gasteiger partial charge in [-0.15, -0.1) is 0 Å². The summed E-state index contributed by atoms with van der Waals surface area (Å²) in [6.07, 6.45) is 2.25. The fourth-order valence-electron chi connectivity index (χ4n) is 3.16. The molecule has 0 bridgehead atoms. The maximum Gasteiger partial charge on any atom is 0.136 e. The monoisotopic (exact) mass is 271 g/mol. The van der Waals surface area contributed by atoms with Crippen LogP contribution in [-0.2, 0) is 20.1 Å². The third-order valence-electron chi connectivity index (χ3n) is 4.08. The molecule has 1 aromatic carbocycles. The third kappa shape index (κ3) is 2.00. The fourth-order valence-corrected chi connectivity index (χ4v) is 3.16. The Hall–Kier alpha value is -1.81. The van der Waals surface area contributed by atoms with Gasteiger partial charge < -0.3 is 10.0 Å². The highest BCUT2D eigenvalue weighted by molar-refractivity contribution is 5.68. The van der Waals surface area contributed by atoms with Gasteiger partial charge in [0.25, 0.3) is 0 Å². The molecule has 0 saturated carbocycles. The number of hydrogen-bond donors (Lipinski definition) is 1. The summed E-state index contributed by atoms with van der Waals surface area (Å²) in [4.78, 5) is 2.30. The van der Waals surface area contributed by atoms with Crippen LogP contribution in [0.3, 0.4) is 0 Å². The molecule has 0 aliphatic carbocycles. The first-order chi connectivity index (χ1) is 9.61. The van der Waals surface area contributed by atoms with Gasteiger partial charge in [0.15, 0.2) is 0 Å². The Bertz CT molecular complexity index is 645. The molecule has 0 spiro atoms. The van der Waals surface area contributed by atoms with Gasteiger partial charge >= 0.3 is 0 Å². The minimum Gasteiger partial charge on any atom is -0.391 e. The van der Waals surface area contributed by atoms with Gasteiger partial charge in [-0.25, -0.2) is 0 Å². The number of aryl methyl sites for hydroxylation is 4. The van der Waals surface area contributed by atoms with E-state index in [4.69, 9.17) is 0 Å². The molecule has 4 heteroatoms. The number of aliphatic hydroxyl groups excluding tert-OH is 1. The number of fused-ring (bicyclic) bond motifs is 1. The second-order valence-electron chi connectivity index (χ2n) is 5.56. The van der Waals surface area contributed by atoms with E-state index in [2.05, 4.69) is 35.1 Å². The number of rotatable bonds is 2. The molecule has 2 heterocycles. The first kappa shape index (κ1) is 13.2. The molecular formula is C16H21N3O. The maximum atomic E-state index is 9.66. The zero-order valence-corrected chi connectivity index (χ0v) is 12.3. The molecule has 20 heavy (non-hydrogen) atoms. The lowest BCUT2D eigenvalue weighted by Gasteiger charge is -2.32. The van der Waals surface area contributed by atoms with Gasteiger partial charge in [0.1, 0.15) is 5.82 Å². The summed E-state index contributed by atoms with van der Waals surface area (Å²) in [5, 5.41) is 14.1. The highest BCUT2D eigenvalue weighted by Gasteiger charge is 2.24. The summed E-state index contributed by atoms with van der Waals surface area (Å²) in [6, 6.07) is 6.61. The van der Waals surface area contributed by atoms with Crippen LogP contribution in [0.15, 0.2) is 18.2 Å². The Morgan fingerprint density at radius 1 is 1.30 bits per heavy atom. The summed E-state index contributed by atoms with van der Waals surface area (Å²) in [5.41, 5.74) is 5.78. The van der Waals surface area contributed by atoms with Gasteiger partial charge in [0.2, 0.25) is 0 Å². The average molecular weight is 271 g/mol. The molecule has 0 amide bonds. The van der Waals surface area contributed by atoms with Crippen molar-refractivity contribution in [2.75, 3.05) is 11.4 Å². The maximum absolute atomic E-state index is 9.66. The summed E-state index contributed by atoms with van der Waals surface area (Å²) in [5.74, 6) is 1.02. The van der Waals surface area contributed by atoms with Gasteiger partial charge in [0.05, 0.1) is 12.3 Å². The summed E-state index contributed by atoms with van der Waals surface area (Å²) < 4.78 is 1.88. The molecular weight excluding hydrogens is 250 g/mol. The van der Waals surface area contributed by atoms with E-state index in [0.29, 0.717) is 0 Å². The van der Waals surface area contributed by atoms with E-state index < -0.39 is 0 Å². The molecule has 0 fully saturated rings. The predicted molar refractivity (Wildman–Crippen MR) is 80.4 cm³/mol. The molecule has 1 N–H and O–H groups in total. The van der Waals surface area contributed by atoms with E-state index in [-0.39, 0.29) is 6.61 Å². The van der Waals surface area contributed by atoms with E-state index >= 15 is 0 Å². The topological polar surface area (TPSA) is 41.3 Å². The molecule has 4 nitrogen and oxygen atoms in total. The number of anilines is 2. The first-order valence-corrected chi connectivity index (χ1v) is 7.12. The summed E-state index contributed by atoms with van der Waals surface area (Å²) >= 11 is 0. The zero-order chi connectivity index (χ0) is 14.3. The molecule has 1 aromatic heterocycles. The minimum absolute atomic E-state index is 0.0344. The van der Waals surface area contributed by atoms with Crippen molar-refractivity contribution >= 4 is 11.5 Å². The summed E-state index contributed by atoms with van der Waals surface area (Å²) in [7, 11) is 1.95. The molecule has 1 aliphatic rings. The molecule has 0 unspecified atom stereocenters. The molecule has 2 aromatic rings.